The van der Waals surface area contributed by atoms with Crippen LogP contribution in [0.4, 0.5) is 5.82 Å². The number of aliphatic hydroxyl groups excluding tert-OH is 1. The van der Waals surface area contributed by atoms with Gasteiger partial charge in [0, 0.05) is 6.20 Å². The van der Waals surface area contributed by atoms with E-state index in [0.717, 1.165) is 10.9 Å². The molecule has 0 radical (unpaired) electrons. The van der Waals surface area contributed by atoms with Crippen molar-refractivity contribution in [3.05, 3.63) is 21.8 Å². The van der Waals surface area contributed by atoms with Gasteiger partial charge in [-0.1, -0.05) is 25.4 Å². The van der Waals surface area contributed by atoms with Crippen molar-refractivity contribution in [2.24, 2.45) is 5.92 Å². The highest BCUT2D eigenvalue weighted by Gasteiger charge is 2.12. The zero-order valence-corrected chi connectivity index (χ0v) is 11.7. The van der Waals surface area contributed by atoms with E-state index < -0.39 is 0 Å². The van der Waals surface area contributed by atoms with Crippen molar-refractivity contribution in [1.82, 2.24) is 4.98 Å². The maximum absolute atomic E-state index is 9.25. The van der Waals surface area contributed by atoms with Crippen LogP contribution in [0.1, 0.15) is 20.3 Å². The molecule has 0 aliphatic heterocycles. The van der Waals surface area contributed by atoms with Crippen LogP contribution in [0.2, 0.25) is 5.02 Å². The Hall–Kier alpha value is -0.320. The van der Waals surface area contributed by atoms with Gasteiger partial charge in [0.15, 0.2) is 0 Å². The Morgan fingerprint density at radius 3 is 2.75 bits per heavy atom. The fourth-order valence-electron chi connectivity index (χ4n) is 1.46. The molecule has 0 aliphatic rings. The standard InChI is InChI=1S/C11H16BrClN2O/c1-7(2)3-9(6-16)15-11-10(12)4-8(13)5-14-11/h4-5,7,9,16H,3,6H2,1-2H3,(H,14,15). The van der Waals surface area contributed by atoms with Crippen LogP contribution in [0.15, 0.2) is 16.7 Å². The Balaban J connectivity index is 2.70. The summed E-state index contributed by atoms with van der Waals surface area (Å²) in [5, 5.41) is 13.0. The lowest BCUT2D eigenvalue weighted by Gasteiger charge is -2.19. The Morgan fingerprint density at radius 2 is 2.25 bits per heavy atom. The second kappa shape index (κ2) is 6.42. The number of anilines is 1. The smallest absolute Gasteiger partial charge is 0.140 e. The lowest BCUT2D eigenvalue weighted by Crippen LogP contribution is -2.26. The van der Waals surface area contributed by atoms with Gasteiger partial charge >= 0.3 is 0 Å². The summed E-state index contributed by atoms with van der Waals surface area (Å²) in [5.74, 6) is 1.24. The van der Waals surface area contributed by atoms with Gasteiger partial charge in [-0.2, -0.15) is 0 Å². The second-order valence-corrected chi connectivity index (χ2v) is 5.43. The molecule has 0 aromatic carbocycles. The predicted molar refractivity (Wildman–Crippen MR) is 70.9 cm³/mol. The zero-order chi connectivity index (χ0) is 12.1. The number of aromatic nitrogens is 1. The van der Waals surface area contributed by atoms with Crippen LogP contribution in [-0.4, -0.2) is 22.7 Å². The topological polar surface area (TPSA) is 45.1 Å². The van der Waals surface area contributed by atoms with E-state index >= 15 is 0 Å². The lowest BCUT2D eigenvalue weighted by molar-refractivity contribution is 0.259. The molecule has 1 aromatic heterocycles. The zero-order valence-electron chi connectivity index (χ0n) is 9.37. The van der Waals surface area contributed by atoms with Gasteiger partial charge in [0.25, 0.3) is 0 Å². The van der Waals surface area contributed by atoms with E-state index in [4.69, 9.17) is 11.6 Å². The van der Waals surface area contributed by atoms with Crippen molar-refractivity contribution in [1.29, 1.82) is 0 Å². The van der Waals surface area contributed by atoms with Gasteiger partial charge in [0.2, 0.25) is 0 Å². The average molecular weight is 308 g/mol. The minimum atomic E-state index is 0.0185. The van der Waals surface area contributed by atoms with Crippen molar-refractivity contribution in [3.63, 3.8) is 0 Å². The molecule has 0 fully saturated rings. The first-order chi connectivity index (χ1) is 7.52. The van der Waals surface area contributed by atoms with Gasteiger partial charge in [-0.15, -0.1) is 0 Å². The summed E-state index contributed by atoms with van der Waals surface area (Å²) < 4.78 is 0.808. The fraction of sp³-hybridized carbons (Fsp3) is 0.545. The van der Waals surface area contributed by atoms with E-state index in [-0.39, 0.29) is 12.6 Å². The van der Waals surface area contributed by atoms with Crippen LogP contribution >= 0.6 is 27.5 Å². The molecular weight excluding hydrogens is 291 g/mol. The number of halogens is 2. The van der Waals surface area contributed by atoms with Crippen molar-refractivity contribution >= 4 is 33.3 Å². The third-order valence-electron chi connectivity index (χ3n) is 2.12. The summed E-state index contributed by atoms with van der Waals surface area (Å²) in [4.78, 5) is 4.17. The minimum absolute atomic E-state index is 0.0185. The molecule has 0 bridgehead atoms. The maximum atomic E-state index is 9.25. The Labute approximate surface area is 109 Å². The third kappa shape index (κ3) is 4.28. The number of rotatable bonds is 5. The quantitative estimate of drug-likeness (QED) is 0.877. The van der Waals surface area contributed by atoms with Gasteiger partial charge in [0.05, 0.1) is 22.1 Å². The van der Waals surface area contributed by atoms with Crippen LogP contribution in [-0.2, 0) is 0 Å². The fourth-order valence-corrected chi connectivity index (χ4v) is 2.22. The molecule has 1 heterocycles. The molecule has 1 rings (SSSR count). The first-order valence-corrected chi connectivity index (χ1v) is 6.38. The molecule has 1 atom stereocenters. The molecule has 0 spiro atoms. The van der Waals surface area contributed by atoms with Gasteiger partial charge in [-0.25, -0.2) is 4.98 Å². The van der Waals surface area contributed by atoms with Gasteiger partial charge in [0.1, 0.15) is 5.82 Å². The summed E-state index contributed by atoms with van der Waals surface area (Å²) in [5.41, 5.74) is 0. The monoisotopic (exact) mass is 306 g/mol. The van der Waals surface area contributed by atoms with E-state index in [1.165, 1.54) is 0 Å². The Bertz CT molecular complexity index is 347. The minimum Gasteiger partial charge on any atom is -0.394 e. The summed E-state index contributed by atoms with van der Waals surface area (Å²) in [6.07, 6.45) is 2.48. The van der Waals surface area contributed by atoms with Crippen LogP contribution < -0.4 is 5.32 Å². The van der Waals surface area contributed by atoms with E-state index in [2.05, 4.69) is 40.1 Å². The summed E-state index contributed by atoms with van der Waals surface area (Å²) in [6.45, 7) is 4.33. The number of aliphatic hydroxyl groups is 1. The van der Waals surface area contributed by atoms with Gasteiger partial charge in [-0.3, -0.25) is 0 Å². The van der Waals surface area contributed by atoms with Crippen molar-refractivity contribution in [2.75, 3.05) is 11.9 Å². The predicted octanol–water partition coefficient (Wildman–Crippen LogP) is 3.32. The van der Waals surface area contributed by atoms with Crippen LogP contribution in [0.3, 0.4) is 0 Å². The summed E-state index contributed by atoms with van der Waals surface area (Å²) in [7, 11) is 0. The molecule has 16 heavy (non-hydrogen) atoms. The van der Waals surface area contributed by atoms with Crippen LogP contribution in [0.5, 0.6) is 0 Å². The van der Waals surface area contributed by atoms with E-state index in [1.807, 2.05) is 0 Å². The van der Waals surface area contributed by atoms with Gasteiger partial charge < -0.3 is 10.4 Å². The van der Waals surface area contributed by atoms with Crippen molar-refractivity contribution in [3.8, 4) is 0 Å². The number of nitrogens with zero attached hydrogens (tertiary/aromatic N) is 1. The molecule has 90 valence electrons. The first kappa shape index (κ1) is 13.7. The normalized spacial score (nSPS) is 12.9. The summed E-state index contributed by atoms with van der Waals surface area (Å²) >= 11 is 9.18. The number of hydrogen-bond acceptors (Lipinski definition) is 3. The Morgan fingerprint density at radius 1 is 1.56 bits per heavy atom. The van der Waals surface area contributed by atoms with E-state index in [9.17, 15) is 5.11 Å². The SMILES string of the molecule is CC(C)CC(CO)Nc1ncc(Cl)cc1Br. The second-order valence-electron chi connectivity index (χ2n) is 4.14. The highest BCUT2D eigenvalue weighted by molar-refractivity contribution is 9.10. The maximum Gasteiger partial charge on any atom is 0.140 e. The molecule has 5 heteroatoms. The first-order valence-electron chi connectivity index (χ1n) is 5.21. The largest absolute Gasteiger partial charge is 0.394 e. The van der Waals surface area contributed by atoms with Crippen LogP contribution in [0, 0.1) is 5.92 Å². The number of pyridine rings is 1. The molecule has 2 N–H and O–H groups in total. The van der Waals surface area contributed by atoms with Crippen molar-refractivity contribution in [2.45, 2.75) is 26.3 Å². The Kier molecular flexibility index (Phi) is 5.52. The van der Waals surface area contributed by atoms with Crippen molar-refractivity contribution < 1.29 is 5.11 Å². The lowest BCUT2D eigenvalue weighted by atomic mass is 10.0. The third-order valence-corrected chi connectivity index (χ3v) is 2.94. The van der Waals surface area contributed by atoms with Gasteiger partial charge in [-0.05, 0) is 34.3 Å². The highest BCUT2D eigenvalue weighted by Crippen LogP contribution is 2.24. The molecule has 0 amide bonds. The van der Waals surface area contributed by atoms with Crippen LogP contribution in [0.25, 0.3) is 0 Å². The van der Waals surface area contributed by atoms with E-state index in [1.54, 1.807) is 12.3 Å². The summed E-state index contributed by atoms with van der Waals surface area (Å²) in [6, 6.07) is 1.80. The number of nitrogens with one attached hydrogen (secondary N) is 1. The average Bonchev–Trinajstić information content (AvgIpc) is 2.20. The van der Waals surface area contributed by atoms with E-state index in [0.29, 0.717) is 16.8 Å². The molecule has 0 saturated carbocycles. The number of hydrogen-bond donors (Lipinski definition) is 2. The highest BCUT2D eigenvalue weighted by atomic mass is 79.9. The molecule has 1 unspecified atom stereocenters. The molecule has 0 aliphatic carbocycles. The molecule has 3 nitrogen and oxygen atoms in total. The molecule has 1 aromatic rings. The molecular formula is C11H16BrClN2O. The molecule has 0 saturated heterocycles.